The number of amides is 1. The molecule has 0 bridgehead atoms. The molecule has 122 valence electrons. The van der Waals surface area contributed by atoms with Crippen LogP contribution in [0.25, 0.3) is 0 Å². The van der Waals surface area contributed by atoms with Crippen molar-refractivity contribution in [3.05, 3.63) is 61.6 Å². The number of carbonyl (C=O) groups excluding carboxylic acids is 1. The zero-order chi connectivity index (χ0) is 17.1. The van der Waals surface area contributed by atoms with E-state index >= 15 is 0 Å². The standard InChI is InChI=1S/C16H17FN2O3S/c1-9(2)15(14-5-4-6-23-14)18-16(20)11-7-12(17)10(3)13(8-11)19(21)22/h4-9,15H,1-3H3,(H,18,20). The van der Waals surface area contributed by atoms with Crippen molar-refractivity contribution in [1.29, 1.82) is 0 Å². The number of hydrogen-bond acceptors (Lipinski definition) is 4. The number of carbonyl (C=O) groups is 1. The van der Waals surface area contributed by atoms with Crippen LogP contribution in [-0.2, 0) is 0 Å². The quantitative estimate of drug-likeness (QED) is 0.656. The highest BCUT2D eigenvalue weighted by molar-refractivity contribution is 7.10. The van der Waals surface area contributed by atoms with Gasteiger partial charge >= 0.3 is 0 Å². The molecule has 0 radical (unpaired) electrons. The van der Waals surface area contributed by atoms with Crippen molar-refractivity contribution in [2.45, 2.75) is 26.8 Å². The second-order valence-electron chi connectivity index (χ2n) is 5.57. The van der Waals surface area contributed by atoms with Crippen LogP contribution in [0.4, 0.5) is 10.1 Å². The first kappa shape index (κ1) is 17.1. The number of thiophene rings is 1. The van der Waals surface area contributed by atoms with Gasteiger partial charge in [-0.1, -0.05) is 19.9 Å². The molecule has 1 aromatic heterocycles. The first-order valence-corrected chi connectivity index (χ1v) is 7.98. The first-order chi connectivity index (χ1) is 10.8. The Morgan fingerprint density at radius 3 is 2.61 bits per heavy atom. The Kier molecular flexibility index (Phi) is 5.10. The summed E-state index contributed by atoms with van der Waals surface area (Å²) < 4.78 is 13.8. The average Bonchev–Trinajstić information content (AvgIpc) is 3.00. The molecule has 7 heteroatoms. The van der Waals surface area contributed by atoms with E-state index < -0.39 is 22.3 Å². The normalized spacial score (nSPS) is 12.2. The molecular weight excluding hydrogens is 319 g/mol. The fourth-order valence-corrected chi connectivity index (χ4v) is 3.19. The monoisotopic (exact) mass is 336 g/mol. The predicted molar refractivity (Wildman–Crippen MR) is 87.2 cm³/mol. The van der Waals surface area contributed by atoms with Gasteiger partial charge in [0.2, 0.25) is 0 Å². The van der Waals surface area contributed by atoms with Crippen LogP contribution < -0.4 is 5.32 Å². The Hall–Kier alpha value is -2.28. The van der Waals surface area contributed by atoms with Gasteiger partial charge in [0, 0.05) is 16.5 Å². The molecule has 0 fully saturated rings. The summed E-state index contributed by atoms with van der Waals surface area (Å²) in [6, 6.07) is 5.71. The van der Waals surface area contributed by atoms with Gasteiger partial charge in [-0.15, -0.1) is 11.3 Å². The van der Waals surface area contributed by atoms with Crippen LogP contribution in [0.5, 0.6) is 0 Å². The van der Waals surface area contributed by atoms with E-state index in [1.807, 2.05) is 31.4 Å². The molecule has 23 heavy (non-hydrogen) atoms. The maximum absolute atomic E-state index is 13.8. The van der Waals surface area contributed by atoms with Gasteiger partial charge in [-0.2, -0.15) is 0 Å². The largest absolute Gasteiger partial charge is 0.344 e. The minimum atomic E-state index is -0.762. The maximum atomic E-state index is 13.8. The molecular formula is C16H17FN2O3S. The van der Waals surface area contributed by atoms with Gasteiger partial charge in [0.1, 0.15) is 5.82 Å². The van der Waals surface area contributed by atoms with E-state index in [1.165, 1.54) is 18.3 Å². The van der Waals surface area contributed by atoms with Gasteiger partial charge < -0.3 is 5.32 Å². The topological polar surface area (TPSA) is 72.2 Å². The summed E-state index contributed by atoms with van der Waals surface area (Å²) in [5.41, 5.74) is -0.528. The zero-order valence-corrected chi connectivity index (χ0v) is 13.8. The zero-order valence-electron chi connectivity index (χ0n) is 13.0. The Morgan fingerprint density at radius 1 is 1.39 bits per heavy atom. The van der Waals surface area contributed by atoms with Crippen LogP contribution in [0, 0.1) is 28.8 Å². The fraction of sp³-hybridized carbons (Fsp3) is 0.312. The summed E-state index contributed by atoms with van der Waals surface area (Å²) in [5.74, 6) is -1.16. The summed E-state index contributed by atoms with van der Waals surface area (Å²) in [6.45, 7) is 5.24. The van der Waals surface area contributed by atoms with Gasteiger partial charge in [0.25, 0.3) is 11.6 Å². The lowest BCUT2D eigenvalue weighted by molar-refractivity contribution is -0.385. The number of rotatable bonds is 5. The molecule has 0 saturated carbocycles. The molecule has 0 aliphatic carbocycles. The number of benzene rings is 1. The Morgan fingerprint density at radius 2 is 2.09 bits per heavy atom. The van der Waals surface area contributed by atoms with Crippen LogP contribution in [0.2, 0.25) is 0 Å². The van der Waals surface area contributed by atoms with Crippen molar-refractivity contribution in [3.63, 3.8) is 0 Å². The van der Waals surface area contributed by atoms with Gasteiger partial charge in [-0.25, -0.2) is 4.39 Å². The van der Waals surface area contributed by atoms with E-state index in [0.717, 1.165) is 17.0 Å². The third-order valence-corrected chi connectivity index (χ3v) is 4.53. The highest BCUT2D eigenvalue weighted by Gasteiger charge is 2.23. The number of hydrogen-bond donors (Lipinski definition) is 1. The Bertz CT molecular complexity index is 729. The highest BCUT2D eigenvalue weighted by Crippen LogP contribution is 2.27. The Labute approximate surface area is 137 Å². The van der Waals surface area contributed by atoms with E-state index in [2.05, 4.69) is 5.32 Å². The van der Waals surface area contributed by atoms with Crippen molar-refractivity contribution >= 4 is 22.9 Å². The smallest absolute Gasteiger partial charge is 0.276 e. The minimum absolute atomic E-state index is 0.0537. The molecule has 1 atom stereocenters. The second kappa shape index (κ2) is 6.87. The van der Waals surface area contributed by atoms with E-state index in [-0.39, 0.29) is 23.1 Å². The lowest BCUT2D eigenvalue weighted by Gasteiger charge is -2.21. The maximum Gasteiger partial charge on any atom is 0.276 e. The molecule has 1 heterocycles. The van der Waals surface area contributed by atoms with Gasteiger partial charge in [-0.3, -0.25) is 14.9 Å². The van der Waals surface area contributed by atoms with Crippen LogP contribution in [-0.4, -0.2) is 10.8 Å². The van der Waals surface area contributed by atoms with Gasteiger partial charge in [0.05, 0.1) is 16.5 Å². The summed E-state index contributed by atoms with van der Waals surface area (Å²) >= 11 is 1.51. The van der Waals surface area contributed by atoms with Crippen molar-refractivity contribution in [2.24, 2.45) is 5.92 Å². The third kappa shape index (κ3) is 3.73. The van der Waals surface area contributed by atoms with Crippen molar-refractivity contribution in [2.75, 3.05) is 0 Å². The first-order valence-electron chi connectivity index (χ1n) is 7.10. The molecule has 5 nitrogen and oxygen atoms in total. The molecule has 0 spiro atoms. The molecule has 1 N–H and O–H groups in total. The molecule has 0 aliphatic heterocycles. The lowest BCUT2D eigenvalue weighted by Crippen LogP contribution is -2.31. The summed E-state index contributed by atoms with van der Waals surface area (Å²) in [5, 5.41) is 15.7. The molecule has 0 saturated heterocycles. The summed E-state index contributed by atoms with van der Waals surface area (Å²) in [4.78, 5) is 23.7. The van der Waals surface area contributed by atoms with Crippen LogP contribution in [0.1, 0.15) is 40.7 Å². The molecule has 1 aromatic carbocycles. The molecule has 0 aliphatic rings. The van der Waals surface area contributed by atoms with E-state index in [1.54, 1.807) is 0 Å². The van der Waals surface area contributed by atoms with Crippen molar-refractivity contribution < 1.29 is 14.1 Å². The van der Waals surface area contributed by atoms with Crippen molar-refractivity contribution in [3.8, 4) is 0 Å². The van der Waals surface area contributed by atoms with Crippen LogP contribution in [0.3, 0.4) is 0 Å². The SMILES string of the molecule is Cc1c(F)cc(C(=O)NC(c2cccs2)C(C)C)cc1[N+](=O)[O-]. The molecule has 2 rings (SSSR count). The number of nitrogens with one attached hydrogen (secondary N) is 1. The fourth-order valence-electron chi connectivity index (χ4n) is 2.24. The van der Waals surface area contributed by atoms with Crippen LogP contribution >= 0.6 is 11.3 Å². The molecule has 1 amide bonds. The highest BCUT2D eigenvalue weighted by atomic mass is 32.1. The molecule has 2 aromatic rings. The van der Waals surface area contributed by atoms with Crippen LogP contribution in [0.15, 0.2) is 29.6 Å². The second-order valence-corrected chi connectivity index (χ2v) is 6.55. The number of nitro groups is 1. The van der Waals surface area contributed by atoms with E-state index in [0.29, 0.717) is 0 Å². The number of nitro benzene ring substituents is 1. The predicted octanol–water partition coefficient (Wildman–Crippen LogP) is 4.23. The van der Waals surface area contributed by atoms with E-state index in [9.17, 15) is 19.3 Å². The van der Waals surface area contributed by atoms with E-state index in [4.69, 9.17) is 0 Å². The third-order valence-electron chi connectivity index (χ3n) is 3.58. The Balaban J connectivity index is 2.31. The number of halogens is 1. The van der Waals surface area contributed by atoms with Crippen molar-refractivity contribution in [1.82, 2.24) is 5.32 Å². The summed E-state index contributed by atoms with van der Waals surface area (Å²) in [6.07, 6.45) is 0. The van der Waals surface area contributed by atoms with Gasteiger partial charge in [-0.05, 0) is 30.4 Å². The van der Waals surface area contributed by atoms with Gasteiger partial charge in [0.15, 0.2) is 0 Å². The average molecular weight is 336 g/mol. The molecule has 1 unspecified atom stereocenters. The number of nitrogens with zero attached hydrogens (tertiary/aromatic N) is 1. The lowest BCUT2D eigenvalue weighted by atomic mass is 10.0. The minimum Gasteiger partial charge on any atom is -0.344 e. The summed E-state index contributed by atoms with van der Waals surface area (Å²) in [7, 11) is 0.